The Morgan fingerprint density at radius 1 is 1.67 bits per heavy atom. The van der Waals surface area contributed by atoms with Crippen molar-refractivity contribution in [2.75, 3.05) is 26.2 Å². The Hall–Kier alpha value is -0.610. The van der Waals surface area contributed by atoms with Gasteiger partial charge >= 0.3 is 0 Å². The molecule has 1 saturated heterocycles. The number of aliphatic hydroxyl groups is 1. The average molecular weight is 214 g/mol. The summed E-state index contributed by atoms with van der Waals surface area (Å²) in [6.45, 7) is 6.58. The molecule has 0 bridgehead atoms. The van der Waals surface area contributed by atoms with Gasteiger partial charge in [0.15, 0.2) is 0 Å². The topological polar surface area (TPSA) is 61.4 Å². The van der Waals surface area contributed by atoms with Crippen molar-refractivity contribution in [3.63, 3.8) is 0 Å². The van der Waals surface area contributed by atoms with Crippen molar-refractivity contribution in [1.29, 1.82) is 0 Å². The summed E-state index contributed by atoms with van der Waals surface area (Å²) in [6.07, 6.45) is 1.66. The van der Waals surface area contributed by atoms with Gasteiger partial charge in [0, 0.05) is 19.7 Å². The molecule has 88 valence electrons. The lowest BCUT2D eigenvalue weighted by Gasteiger charge is -2.22. The summed E-state index contributed by atoms with van der Waals surface area (Å²) in [4.78, 5) is 11.9. The second-order valence-corrected chi connectivity index (χ2v) is 4.81. The van der Waals surface area contributed by atoms with E-state index < -0.39 is 0 Å². The standard InChI is InChI=1S/C11H22N2O2/c1-9(3-6-14)7-13-10(15)11(2)4-5-12-8-11/h9,12,14H,3-8H2,1-2H3,(H,13,15). The molecule has 15 heavy (non-hydrogen) atoms. The average Bonchev–Trinajstić information content (AvgIpc) is 2.63. The van der Waals surface area contributed by atoms with E-state index in [0.717, 1.165) is 25.9 Å². The highest BCUT2D eigenvalue weighted by Crippen LogP contribution is 2.24. The Labute approximate surface area is 91.4 Å². The van der Waals surface area contributed by atoms with E-state index in [1.54, 1.807) is 0 Å². The maximum absolute atomic E-state index is 11.9. The Balaban J connectivity index is 2.29. The van der Waals surface area contributed by atoms with E-state index in [1.165, 1.54) is 0 Å². The highest BCUT2D eigenvalue weighted by Gasteiger charge is 2.35. The summed E-state index contributed by atoms with van der Waals surface area (Å²) >= 11 is 0. The highest BCUT2D eigenvalue weighted by molar-refractivity contribution is 5.82. The van der Waals surface area contributed by atoms with Gasteiger partial charge in [-0.3, -0.25) is 4.79 Å². The first-order valence-corrected chi connectivity index (χ1v) is 5.68. The van der Waals surface area contributed by atoms with Gasteiger partial charge in [0.2, 0.25) is 5.91 Å². The third-order valence-corrected chi connectivity index (χ3v) is 3.15. The van der Waals surface area contributed by atoms with Gasteiger partial charge in [0.25, 0.3) is 0 Å². The van der Waals surface area contributed by atoms with Crippen molar-refractivity contribution in [2.45, 2.75) is 26.7 Å². The van der Waals surface area contributed by atoms with Crippen LogP contribution in [0.15, 0.2) is 0 Å². The van der Waals surface area contributed by atoms with E-state index in [1.807, 2.05) is 13.8 Å². The molecule has 0 aromatic heterocycles. The first-order chi connectivity index (χ1) is 7.08. The lowest BCUT2D eigenvalue weighted by molar-refractivity contribution is -0.129. The van der Waals surface area contributed by atoms with Gasteiger partial charge in [-0.05, 0) is 32.2 Å². The first-order valence-electron chi connectivity index (χ1n) is 5.68. The molecule has 0 aliphatic carbocycles. The van der Waals surface area contributed by atoms with E-state index in [0.29, 0.717) is 12.5 Å². The fourth-order valence-corrected chi connectivity index (χ4v) is 1.81. The summed E-state index contributed by atoms with van der Waals surface area (Å²) < 4.78 is 0. The monoisotopic (exact) mass is 214 g/mol. The molecule has 0 saturated carbocycles. The van der Waals surface area contributed by atoms with Gasteiger partial charge in [0.1, 0.15) is 0 Å². The van der Waals surface area contributed by atoms with Crippen LogP contribution in [0.3, 0.4) is 0 Å². The Morgan fingerprint density at radius 3 is 2.93 bits per heavy atom. The number of rotatable bonds is 5. The van der Waals surface area contributed by atoms with Gasteiger partial charge in [-0.1, -0.05) is 6.92 Å². The van der Waals surface area contributed by atoms with Gasteiger partial charge in [-0.15, -0.1) is 0 Å². The maximum atomic E-state index is 11.9. The minimum atomic E-state index is -0.237. The second kappa shape index (κ2) is 5.47. The fourth-order valence-electron chi connectivity index (χ4n) is 1.81. The quantitative estimate of drug-likeness (QED) is 0.609. The summed E-state index contributed by atoms with van der Waals surface area (Å²) in [5, 5.41) is 14.9. The van der Waals surface area contributed by atoms with Gasteiger partial charge in [-0.2, -0.15) is 0 Å². The Morgan fingerprint density at radius 2 is 2.40 bits per heavy atom. The molecule has 2 atom stereocenters. The summed E-state index contributed by atoms with van der Waals surface area (Å²) in [5.74, 6) is 0.481. The van der Waals surface area contributed by atoms with Crippen LogP contribution in [-0.4, -0.2) is 37.3 Å². The zero-order valence-electron chi connectivity index (χ0n) is 9.68. The molecule has 1 amide bonds. The molecular formula is C11H22N2O2. The van der Waals surface area contributed by atoms with E-state index in [4.69, 9.17) is 5.11 Å². The molecule has 0 aromatic carbocycles. The lowest BCUT2D eigenvalue weighted by atomic mass is 9.88. The van der Waals surface area contributed by atoms with Gasteiger partial charge in [0.05, 0.1) is 5.41 Å². The van der Waals surface area contributed by atoms with E-state index in [2.05, 4.69) is 10.6 Å². The molecule has 1 rings (SSSR count). The number of nitrogens with one attached hydrogen (secondary N) is 2. The molecule has 0 radical (unpaired) electrons. The Bertz CT molecular complexity index is 213. The summed E-state index contributed by atoms with van der Waals surface area (Å²) in [5.41, 5.74) is -0.237. The van der Waals surface area contributed by atoms with Crippen molar-refractivity contribution < 1.29 is 9.90 Å². The van der Waals surface area contributed by atoms with Crippen LogP contribution < -0.4 is 10.6 Å². The van der Waals surface area contributed by atoms with Crippen LogP contribution in [0.5, 0.6) is 0 Å². The van der Waals surface area contributed by atoms with Crippen LogP contribution in [0.25, 0.3) is 0 Å². The molecule has 1 heterocycles. The molecular weight excluding hydrogens is 192 g/mol. The number of carbonyl (C=O) groups is 1. The first kappa shape index (κ1) is 12.5. The zero-order chi connectivity index (χ0) is 11.3. The number of hydrogen-bond acceptors (Lipinski definition) is 3. The molecule has 0 aromatic rings. The lowest BCUT2D eigenvalue weighted by Crippen LogP contribution is -2.42. The third-order valence-electron chi connectivity index (χ3n) is 3.15. The molecule has 1 fully saturated rings. The minimum absolute atomic E-state index is 0.136. The summed E-state index contributed by atoms with van der Waals surface area (Å²) in [7, 11) is 0. The number of aliphatic hydroxyl groups excluding tert-OH is 1. The van der Waals surface area contributed by atoms with Crippen LogP contribution in [-0.2, 0) is 4.79 Å². The van der Waals surface area contributed by atoms with Crippen LogP contribution >= 0.6 is 0 Å². The smallest absolute Gasteiger partial charge is 0.227 e. The van der Waals surface area contributed by atoms with Crippen molar-refractivity contribution >= 4 is 5.91 Å². The fraction of sp³-hybridized carbons (Fsp3) is 0.909. The third kappa shape index (κ3) is 3.47. The van der Waals surface area contributed by atoms with Crippen LogP contribution in [0.2, 0.25) is 0 Å². The van der Waals surface area contributed by atoms with Crippen molar-refractivity contribution in [3.8, 4) is 0 Å². The SMILES string of the molecule is CC(CCO)CNC(=O)C1(C)CCNC1. The maximum Gasteiger partial charge on any atom is 0.227 e. The minimum Gasteiger partial charge on any atom is -0.396 e. The normalized spacial score (nSPS) is 27.7. The molecule has 4 nitrogen and oxygen atoms in total. The van der Waals surface area contributed by atoms with E-state index in [-0.39, 0.29) is 17.9 Å². The van der Waals surface area contributed by atoms with Crippen molar-refractivity contribution in [1.82, 2.24) is 10.6 Å². The Kier molecular flexibility index (Phi) is 4.54. The largest absolute Gasteiger partial charge is 0.396 e. The predicted molar refractivity (Wildman–Crippen MR) is 59.5 cm³/mol. The summed E-state index contributed by atoms with van der Waals surface area (Å²) in [6, 6.07) is 0. The van der Waals surface area contributed by atoms with Crippen LogP contribution in [0.4, 0.5) is 0 Å². The molecule has 1 aliphatic rings. The van der Waals surface area contributed by atoms with Crippen LogP contribution in [0.1, 0.15) is 26.7 Å². The van der Waals surface area contributed by atoms with E-state index in [9.17, 15) is 4.79 Å². The molecule has 2 unspecified atom stereocenters. The molecule has 0 spiro atoms. The van der Waals surface area contributed by atoms with Gasteiger partial charge < -0.3 is 15.7 Å². The van der Waals surface area contributed by atoms with Crippen LogP contribution in [0, 0.1) is 11.3 Å². The number of hydrogen-bond donors (Lipinski definition) is 3. The number of amides is 1. The molecule has 3 N–H and O–H groups in total. The predicted octanol–water partition coefficient (Wildman–Crippen LogP) is 0.121. The van der Waals surface area contributed by atoms with Crippen molar-refractivity contribution in [3.05, 3.63) is 0 Å². The van der Waals surface area contributed by atoms with Gasteiger partial charge in [-0.25, -0.2) is 0 Å². The molecule has 4 heteroatoms. The highest BCUT2D eigenvalue weighted by atomic mass is 16.3. The second-order valence-electron chi connectivity index (χ2n) is 4.81. The zero-order valence-corrected chi connectivity index (χ0v) is 9.68. The number of carbonyl (C=O) groups excluding carboxylic acids is 1. The van der Waals surface area contributed by atoms with Crippen molar-refractivity contribution in [2.24, 2.45) is 11.3 Å². The molecule has 1 aliphatic heterocycles. The van der Waals surface area contributed by atoms with E-state index >= 15 is 0 Å².